The maximum atomic E-state index is 12.6. The first-order valence-corrected chi connectivity index (χ1v) is 10.5. The lowest BCUT2D eigenvalue weighted by molar-refractivity contribution is -0.139. The van der Waals surface area contributed by atoms with Crippen LogP contribution in [0.1, 0.15) is 56.8 Å². The van der Waals surface area contributed by atoms with Gasteiger partial charge < -0.3 is 20.3 Å². The van der Waals surface area contributed by atoms with Crippen molar-refractivity contribution in [2.24, 2.45) is 5.92 Å². The first-order chi connectivity index (χ1) is 13.5. The van der Waals surface area contributed by atoms with E-state index in [1.165, 1.54) is 6.42 Å². The Labute approximate surface area is 168 Å². The van der Waals surface area contributed by atoms with Crippen molar-refractivity contribution in [1.29, 1.82) is 0 Å². The maximum absolute atomic E-state index is 12.6. The first-order valence-electron chi connectivity index (χ1n) is 10.5. The fraction of sp³-hybridized carbons (Fsp3) is 0.636. The summed E-state index contributed by atoms with van der Waals surface area (Å²) in [5, 5.41) is 6.47. The molecule has 28 heavy (non-hydrogen) atoms. The minimum absolute atomic E-state index is 0.0291. The molecule has 6 nitrogen and oxygen atoms in total. The van der Waals surface area contributed by atoms with Crippen LogP contribution in [0.15, 0.2) is 24.3 Å². The lowest BCUT2D eigenvalue weighted by atomic mass is 9.95. The highest BCUT2D eigenvalue weighted by molar-refractivity contribution is 5.94. The van der Waals surface area contributed by atoms with Crippen LogP contribution in [0, 0.1) is 5.92 Å². The normalized spacial score (nSPS) is 27.9. The number of amides is 2. The van der Waals surface area contributed by atoms with E-state index < -0.39 is 0 Å². The highest BCUT2D eigenvalue weighted by atomic mass is 16.5. The monoisotopic (exact) mass is 387 g/mol. The number of carbonyl (C=O) groups is 2. The first kappa shape index (κ1) is 20.6. The van der Waals surface area contributed by atoms with Crippen molar-refractivity contribution >= 4 is 11.8 Å². The van der Waals surface area contributed by atoms with Crippen LogP contribution in [0.3, 0.4) is 0 Å². The van der Waals surface area contributed by atoms with E-state index in [0.29, 0.717) is 17.2 Å². The van der Waals surface area contributed by atoms with Gasteiger partial charge in [-0.1, -0.05) is 6.92 Å². The molecule has 2 aliphatic heterocycles. The Hall–Kier alpha value is -2.08. The number of likely N-dealkylation sites (tertiary alicyclic amines) is 1. The maximum Gasteiger partial charge on any atom is 0.260 e. The van der Waals surface area contributed by atoms with Crippen molar-refractivity contribution in [2.45, 2.75) is 64.6 Å². The van der Waals surface area contributed by atoms with Gasteiger partial charge in [0.15, 0.2) is 6.61 Å². The number of carbonyl (C=O) groups excluding carboxylic acids is 2. The average Bonchev–Trinajstić information content (AvgIpc) is 2.68. The molecule has 3 rings (SSSR count). The summed E-state index contributed by atoms with van der Waals surface area (Å²) in [6.07, 6.45) is 4.22. The predicted octanol–water partition coefficient (Wildman–Crippen LogP) is 2.58. The van der Waals surface area contributed by atoms with E-state index in [4.69, 9.17) is 4.74 Å². The quantitative estimate of drug-likeness (QED) is 0.815. The molecule has 4 unspecified atom stereocenters. The summed E-state index contributed by atoms with van der Waals surface area (Å²) in [6, 6.07) is 7.77. The van der Waals surface area contributed by atoms with Crippen LogP contribution < -0.4 is 15.4 Å². The van der Waals surface area contributed by atoms with Crippen LogP contribution in [0.4, 0.5) is 0 Å². The van der Waals surface area contributed by atoms with Crippen molar-refractivity contribution in [1.82, 2.24) is 15.5 Å². The van der Waals surface area contributed by atoms with Gasteiger partial charge in [-0.3, -0.25) is 9.59 Å². The second-order valence-electron chi connectivity index (χ2n) is 8.29. The van der Waals surface area contributed by atoms with E-state index >= 15 is 0 Å². The van der Waals surface area contributed by atoms with Gasteiger partial charge in [0.05, 0.1) is 0 Å². The third-order valence-electron chi connectivity index (χ3n) is 6.06. The largest absolute Gasteiger partial charge is 0.484 e. The molecule has 2 saturated heterocycles. The van der Waals surface area contributed by atoms with Crippen molar-refractivity contribution in [3.05, 3.63) is 29.8 Å². The Bertz CT molecular complexity index is 666. The van der Waals surface area contributed by atoms with Crippen molar-refractivity contribution < 1.29 is 14.3 Å². The number of rotatable bonds is 5. The Kier molecular flexibility index (Phi) is 6.94. The van der Waals surface area contributed by atoms with Crippen LogP contribution >= 0.6 is 0 Å². The molecular weight excluding hydrogens is 354 g/mol. The minimum Gasteiger partial charge on any atom is -0.484 e. The van der Waals surface area contributed by atoms with Gasteiger partial charge in [-0.2, -0.15) is 0 Å². The van der Waals surface area contributed by atoms with Crippen LogP contribution in [0.2, 0.25) is 0 Å². The summed E-state index contributed by atoms with van der Waals surface area (Å²) in [7, 11) is 0. The van der Waals surface area contributed by atoms with E-state index in [9.17, 15) is 9.59 Å². The van der Waals surface area contributed by atoms with Gasteiger partial charge in [0.25, 0.3) is 11.8 Å². The molecule has 0 saturated carbocycles. The third-order valence-corrected chi connectivity index (χ3v) is 6.06. The highest BCUT2D eigenvalue weighted by Gasteiger charge is 2.29. The van der Waals surface area contributed by atoms with Gasteiger partial charge in [0, 0.05) is 23.7 Å². The third kappa shape index (κ3) is 5.04. The molecule has 2 N–H and O–H groups in total. The molecule has 2 aliphatic rings. The van der Waals surface area contributed by atoms with E-state index in [0.717, 1.165) is 32.4 Å². The number of benzene rings is 1. The minimum atomic E-state index is -0.0580. The molecule has 2 amide bonds. The van der Waals surface area contributed by atoms with E-state index in [1.54, 1.807) is 24.3 Å². The second kappa shape index (κ2) is 9.41. The van der Waals surface area contributed by atoms with Crippen LogP contribution in [-0.4, -0.2) is 54.5 Å². The molecule has 1 aromatic carbocycles. The molecule has 154 valence electrons. The topological polar surface area (TPSA) is 70.7 Å². The fourth-order valence-electron chi connectivity index (χ4n) is 4.32. The highest BCUT2D eigenvalue weighted by Crippen LogP contribution is 2.23. The molecule has 2 fully saturated rings. The molecule has 0 aromatic heterocycles. The molecule has 4 atom stereocenters. The zero-order valence-electron chi connectivity index (χ0n) is 17.2. The van der Waals surface area contributed by atoms with Crippen LogP contribution in [0.25, 0.3) is 0 Å². The van der Waals surface area contributed by atoms with E-state index in [-0.39, 0.29) is 36.5 Å². The van der Waals surface area contributed by atoms with Gasteiger partial charge in [-0.05, 0) is 82.8 Å². The Balaban J connectivity index is 1.51. The Morgan fingerprint density at radius 3 is 2.43 bits per heavy atom. The number of ether oxygens (including phenoxy) is 1. The van der Waals surface area contributed by atoms with E-state index in [1.807, 2.05) is 4.90 Å². The predicted molar refractivity (Wildman–Crippen MR) is 109 cm³/mol. The average molecular weight is 388 g/mol. The van der Waals surface area contributed by atoms with Gasteiger partial charge >= 0.3 is 0 Å². The van der Waals surface area contributed by atoms with Crippen LogP contribution in [0.5, 0.6) is 5.75 Å². The lowest BCUT2D eigenvalue weighted by Crippen LogP contribution is -2.49. The van der Waals surface area contributed by atoms with Crippen molar-refractivity contribution in [3.63, 3.8) is 0 Å². The SMILES string of the molecule is CC1CNCCC1NC(=O)c1ccc(OCC(=O)N2C(C)CCCC2C)cc1. The zero-order chi connectivity index (χ0) is 20.1. The Morgan fingerprint density at radius 1 is 1.11 bits per heavy atom. The summed E-state index contributed by atoms with van der Waals surface area (Å²) in [4.78, 5) is 27.0. The standard InChI is InChI=1S/C22H33N3O3/c1-15-13-23-12-11-20(15)24-22(27)18-7-9-19(10-8-18)28-14-21(26)25-16(2)5-4-6-17(25)3/h7-10,15-17,20,23H,4-6,11-14H2,1-3H3,(H,24,27). The van der Waals surface area contributed by atoms with Crippen molar-refractivity contribution in [2.75, 3.05) is 19.7 Å². The number of piperidine rings is 2. The summed E-state index contributed by atoms with van der Waals surface area (Å²) in [6.45, 7) is 8.25. The van der Waals surface area contributed by atoms with Gasteiger partial charge in [0.2, 0.25) is 0 Å². The number of nitrogens with zero attached hydrogens (tertiary/aromatic N) is 1. The second-order valence-corrected chi connectivity index (χ2v) is 8.29. The van der Waals surface area contributed by atoms with Gasteiger partial charge in [-0.25, -0.2) is 0 Å². The van der Waals surface area contributed by atoms with Gasteiger partial charge in [0.1, 0.15) is 5.75 Å². The zero-order valence-corrected chi connectivity index (χ0v) is 17.2. The molecule has 2 heterocycles. The molecule has 0 spiro atoms. The lowest BCUT2D eigenvalue weighted by Gasteiger charge is -2.38. The molecule has 0 radical (unpaired) electrons. The van der Waals surface area contributed by atoms with E-state index in [2.05, 4.69) is 31.4 Å². The molecule has 1 aromatic rings. The summed E-state index contributed by atoms with van der Waals surface area (Å²) in [5.74, 6) is 1.00. The van der Waals surface area contributed by atoms with Crippen LogP contribution in [-0.2, 0) is 4.79 Å². The molecule has 0 aliphatic carbocycles. The number of nitrogens with one attached hydrogen (secondary N) is 2. The van der Waals surface area contributed by atoms with Gasteiger partial charge in [-0.15, -0.1) is 0 Å². The summed E-state index contributed by atoms with van der Waals surface area (Å²) in [5.41, 5.74) is 0.614. The molecule has 6 heteroatoms. The fourth-order valence-corrected chi connectivity index (χ4v) is 4.32. The summed E-state index contributed by atoms with van der Waals surface area (Å²) < 4.78 is 5.69. The van der Waals surface area contributed by atoms with Crippen molar-refractivity contribution in [3.8, 4) is 5.75 Å². The number of hydrogen-bond acceptors (Lipinski definition) is 4. The smallest absolute Gasteiger partial charge is 0.260 e. The summed E-state index contributed by atoms with van der Waals surface area (Å²) >= 11 is 0. The molecular formula is C22H33N3O3. The Morgan fingerprint density at radius 2 is 1.79 bits per heavy atom. The number of hydrogen-bond donors (Lipinski definition) is 2. The molecule has 0 bridgehead atoms.